The van der Waals surface area contributed by atoms with Gasteiger partial charge in [0.15, 0.2) is 0 Å². The Bertz CT molecular complexity index is 730. The molecule has 1 aromatic rings. The molecular formula is C21H29ClFN3O2. The molecule has 1 saturated heterocycles. The van der Waals surface area contributed by atoms with E-state index in [1.54, 1.807) is 15.9 Å². The summed E-state index contributed by atoms with van der Waals surface area (Å²) in [7, 11) is 0. The van der Waals surface area contributed by atoms with Crippen LogP contribution in [0.1, 0.15) is 45.1 Å². The summed E-state index contributed by atoms with van der Waals surface area (Å²) >= 11 is 6.10. The van der Waals surface area contributed by atoms with Crippen molar-refractivity contribution in [3.8, 4) is 0 Å². The monoisotopic (exact) mass is 409 g/mol. The quantitative estimate of drug-likeness (QED) is 0.797. The predicted octanol–water partition coefficient (Wildman–Crippen LogP) is 4.05. The van der Waals surface area contributed by atoms with Gasteiger partial charge in [-0.1, -0.05) is 44.4 Å². The van der Waals surface area contributed by atoms with E-state index in [0.717, 1.165) is 19.3 Å². The van der Waals surface area contributed by atoms with E-state index in [-0.39, 0.29) is 24.5 Å². The van der Waals surface area contributed by atoms with Crippen LogP contribution in [0.25, 0.3) is 0 Å². The summed E-state index contributed by atoms with van der Waals surface area (Å²) in [5.41, 5.74) is 0.702. The lowest BCUT2D eigenvalue weighted by atomic mass is 9.78. The lowest BCUT2D eigenvalue weighted by Gasteiger charge is -2.37. The second-order valence-electron chi connectivity index (χ2n) is 8.16. The summed E-state index contributed by atoms with van der Waals surface area (Å²) < 4.78 is 13.2. The number of amides is 3. The fourth-order valence-corrected chi connectivity index (χ4v) is 4.43. The smallest absolute Gasteiger partial charge is 0.320 e. The molecule has 0 spiro atoms. The van der Waals surface area contributed by atoms with Crippen molar-refractivity contribution in [2.45, 2.75) is 52.1 Å². The van der Waals surface area contributed by atoms with Gasteiger partial charge in [-0.15, -0.1) is 0 Å². The molecule has 3 atom stereocenters. The van der Waals surface area contributed by atoms with E-state index in [4.69, 9.17) is 11.6 Å². The number of carbonyl (C=O) groups is 2. The third kappa shape index (κ3) is 4.96. The van der Waals surface area contributed by atoms with Crippen molar-refractivity contribution >= 4 is 23.5 Å². The number of halogens is 2. The fourth-order valence-electron chi connectivity index (χ4n) is 4.20. The van der Waals surface area contributed by atoms with E-state index in [1.807, 2.05) is 0 Å². The number of rotatable bonds is 5. The van der Waals surface area contributed by atoms with Crippen LogP contribution in [-0.4, -0.2) is 47.4 Å². The van der Waals surface area contributed by atoms with Gasteiger partial charge in [-0.3, -0.25) is 4.79 Å². The van der Waals surface area contributed by atoms with Gasteiger partial charge < -0.3 is 15.1 Å². The molecule has 3 amide bonds. The van der Waals surface area contributed by atoms with Crippen LogP contribution in [0, 0.1) is 17.7 Å². The fraction of sp³-hybridized carbons (Fsp3) is 0.619. The van der Waals surface area contributed by atoms with Gasteiger partial charge in [-0.2, -0.15) is 0 Å². The zero-order valence-corrected chi connectivity index (χ0v) is 17.3. The molecule has 1 heterocycles. The Kier molecular flexibility index (Phi) is 6.81. The maximum Gasteiger partial charge on any atom is 0.320 e. The van der Waals surface area contributed by atoms with E-state index in [0.29, 0.717) is 42.1 Å². The molecule has 154 valence electrons. The molecule has 1 aliphatic carbocycles. The van der Waals surface area contributed by atoms with Gasteiger partial charge in [0.2, 0.25) is 5.91 Å². The Morgan fingerprint density at radius 3 is 2.71 bits per heavy atom. The number of nitrogens with one attached hydrogen (secondary N) is 1. The third-order valence-electron chi connectivity index (χ3n) is 6.16. The minimum Gasteiger partial charge on any atom is -0.352 e. The number of nitrogens with zero attached hydrogens (tertiary/aromatic N) is 2. The molecule has 1 aromatic carbocycles. The Morgan fingerprint density at radius 2 is 1.96 bits per heavy atom. The lowest BCUT2D eigenvalue weighted by molar-refractivity contribution is -0.123. The first-order valence-electron chi connectivity index (χ1n) is 10.1. The highest BCUT2D eigenvalue weighted by molar-refractivity contribution is 6.31. The molecule has 1 saturated carbocycles. The topological polar surface area (TPSA) is 52.7 Å². The van der Waals surface area contributed by atoms with Gasteiger partial charge in [-0.25, -0.2) is 9.18 Å². The summed E-state index contributed by atoms with van der Waals surface area (Å²) in [6, 6.07) is 4.20. The highest BCUT2D eigenvalue weighted by atomic mass is 35.5. The molecule has 5 nitrogen and oxygen atoms in total. The normalized spacial score (nSPS) is 25.7. The zero-order valence-electron chi connectivity index (χ0n) is 16.6. The third-order valence-corrected chi connectivity index (χ3v) is 6.51. The molecule has 0 bridgehead atoms. The maximum atomic E-state index is 13.2. The average Bonchev–Trinajstić information content (AvgIpc) is 2.64. The highest BCUT2D eigenvalue weighted by Gasteiger charge is 2.31. The molecule has 2 fully saturated rings. The SMILES string of the molecule is C[C@@H]1[C@H](C)CCC[C@H]1NC(=O)CN1CCCN(Cc2ccc(F)cc2Cl)C1=O. The molecule has 1 aliphatic heterocycles. The van der Waals surface area contributed by atoms with Crippen LogP contribution < -0.4 is 5.32 Å². The highest BCUT2D eigenvalue weighted by Crippen LogP contribution is 2.29. The standard InChI is InChI=1S/C21H29ClFN3O2/c1-14-5-3-6-19(15(14)2)24-20(27)13-26-10-4-9-25(21(26)28)12-16-7-8-17(23)11-18(16)22/h7-8,11,14-15,19H,3-6,9-10,12-13H2,1-2H3,(H,24,27)/t14-,15-,19-/m1/s1. The first kappa shape index (κ1) is 20.9. The minimum absolute atomic E-state index is 0.0735. The van der Waals surface area contributed by atoms with Crippen molar-refractivity contribution < 1.29 is 14.0 Å². The van der Waals surface area contributed by atoms with Crippen molar-refractivity contribution in [3.05, 3.63) is 34.6 Å². The van der Waals surface area contributed by atoms with Gasteiger partial charge in [0.05, 0.1) is 0 Å². The molecule has 7 heteroatoms. The Hall–Kier alpha value is -1.82. The number of hydrogen-bond acceptors (Lipinski definition) is 2. The first-order chi connectivity index (χ1) is 13.3. The van der Waals surface area contributed by atoms with E-state index >= 15 is 0 Å². The predicted molar refractivity (Wildman–Crippen MR) is 108 cm³/mol. The molecule has 0 unspecified atom stereocenters. The largest absolute Gasteiger partial charge is 0.352 e. The maximum absolute atomic E-state index is 13.2. The average molecular weight is 410 g/mol. The van der Waals surface area contributed by atoms with Gasteiger partial charge >= 0.3 is 6.03 Å². The molecule has 28 heavy (non-hydrogen) atoms. The van der Waals surface area contributed by atoms with Gasteiger partial charge in [-0.05, 0) is 42.4 Å². The second kappa shape index (κ2) is 9.12. The van der Waals surface area contributed by atoms with Crippen LogP contribution >= 0.6 is 11.6 Å². The molecular weight excluding hydrogens is 381 g/mol. The number of carbonyl (C=O) groups excluding carboxylic acids is 2. The lowest BCUT2D eigenvalue weighted by Crippen LogP contribution is -2.53. The Labute approximate surface area is 171 Å². The van der Waals surface area contributed by atoms with Crippen LogP contribution in [-0.2, 0) is 11.3 Å². The van der Waals surface area contributed by atoms with Crippen LogP contribution in [0.5, 0.6) is 0 Å². The van der Waals surface area contributed by atoms with Crippen molar-refractivity contribution in [2.75, 3.05) is 19.6 Å². The summed E-state index contributed by atoms with van der Waals surface area (Å²) in [6.07, 6.45) is 4.12. The van der Waals surface area contributed by atoms with Crippen LogP contribution in [0.15, 0.2) is 18.2 Å². The van der Waals surface area contributed by atoms with E-state index in [2.05, 4.69) is 19.2 Å². The van der Waals surface area contributed by atoms with Gasteiger partial charge in [0.1, 0.15) is 12.4 Å². The van der Waals surface area contributed by atoms with Crippen LogP contribution in [0.2, 0.25) is 5.02 Å². The number of hydrogen-bond donors (Lipinski definition) is 1. The van der Waals surface area contributed by atoms with E-state index in [1.165, 1.54) is 18.6 Å². The summed E-state index contributed by atoms with van der Waals surface area (Å²) in [5, 5.41) is 3.44. The van der Waals surface area contributed by atoms with E-state index < -0.39 is 5.82 Å². The Balaban J connectivity index is 1.57. The van der Waals surface area contributed by atoms with E-state index in [9.17, 15) is 14.0 Å². The van der Waals surface area contributed by atoms with Crippen molar-refractivity contribution in [2.24, 2.45) is 11.8 Å². The van der Waals surface area contributed by atoms with Crippen molar-refractivity contribution in [3.63, 3.8) is 0 Å². The molecule has 2 aliphatic rings. The first-order valence-corrected chi connectivity index (χ1v) is 10.5. The molecule has 0 aromatic heterocycles. The zero-order chi connectivity index (χ0) is 20.3. The summed E-state index contributed by atoms with van der Waals surface area (Å²) in [4.78, 5) is 28.6. The van der Waals surface area contributed by atoms with Crippen LogP contribution in [0.3, 0.4) is 0 Å². The van der Waals surface area contributed by atoms with Crippen molar-refractivity contribution in [1.29, 1.82) is 0 Å². The number of urea groups is 1. The van der Waals surface area contributed by atoms with Gasteiger partial charge in [0, 0.05) is 30.7 Å². The Morgan fingerprint density at radius 1 is 1.21 bits per heavy atom. The molecule has 0 radical (unpaired) electrons. The van der Waals surface area contributed by atoms with Crippen molar-refractivity contribution in [1.82, 2.24) is 15.1 Å². The summed E-state index contributed by atoms with van der Waals surface area (Å²) in [6.45, 7) is 5.97. The van der Waals surface area contributed by atoms with Crippen LogP contribution in [0.4, 0.5) is 9.18 Å². The molecule has 1 N–H and O–H groups in total. The number of benzene rings is 1. The minimum atomic E-state index is -0.400. The van der Waals surface area contributed by atoms with Gasteiger partial charge in [0.25, 0.3) is 0 Å². The summed E-state index contributed by atoms with van der Waals surface area (Å²) in [5.74, 6) is 0.558. The second-order valence-corrected chi connectivity index (χ2v) is 8.56. The molecule has 3 rings (SSSR count).